The van der Waals surface area contributed by atoms with Crippen LogP contribution in [0.4, 0.5) is 0 Å². The van der Waals surface area contributed by atoms with Crippen LogP contribution in [0.2, 0.25) is 5.02 Å². The Bertz CT molecular complexity index is 827. The lowest BCUT2D eigenvalue weighted by Crippen LogP contribution is -2.49. The van der Waals surface area contributed by atoms with E-state index in [1.165, 1.54) is 4.90 Å². The maximum absolute atomic E-state index is 12.9. The first-order chi connectivity index (χ1) is 13.8. The Morgan fingerprint density at radius 3 is 2.45 bits per heavy atom. The van der Waals surface area contributed by atoms with Crippen molar-refractivity contribution in [2.45, 2.75) is 33.4 Å². The first-order valence-corrected chi connectivity index (χ1v) is 10.6. The van der Waals surface area contributed by atoms with Crippen LogP contribution in [0, 0.1) is 5.92 Å². The highest BCUT2D eigenvalue weighted by Gasteiger charge is 2.26. The van der Waals surface area contributed by atoms with E-state index in [4.69, 9.17) is 16.3 Å². The standard InChI is InChI=1S/C22H26BrClN2O3/c1-15(2)12-25-22(28)16(3)26(13-17-7-9-18(23)10-8-17)21(27)14-29-20-6-4-5-19(24)11-20/h4-11,15-16H,12-14H2,1-3H3,(H,25,28). The van der Waals surface area contributed by atoms with Crippen LogP contribution < -0.4 is 10.1 Å². The molecule has 2 aromatic rings. The number of nitrogens with one attached hydrogen (secondary N) is 1. The molecule has 0 aliphatic heterocycles. The van der Waals surface area contributed by atoms with E-state index in [1.54, 1.807) is 31.2 Å². The number of benzene rings is 2. The number of carbonyl (C=O) groups is 2. The van der Waals surface area contributed by atoms with E-state index in [0.29, 0.717) is 29.8 Å². The van der Waals surface area contributed by atoms with E-state index >= 15 is 0 Å². The fourth-order valence-electron chi connectivity index (χ4n) is 2.61. The van der Waals surface area contributed by atoms with E-state index in [-0.39, 0.29) is 18.4 Å². The summed E-state index contributed by atoms with van der Waals surface area (Å²) in [5.41, 5.74) is 0.924. The zero-order chi connectivity index (χ0) is 21.4. The molecule has 29 heavy (non-hydrogen) atoms. The van der Waals surface area contributed by atoms with Gasteiger partial charge in [0.2, 0.25) is 5.91 Å². The predicted octanol–water partition coefficient (Wildman–Crippen LogP) is 4.67. The summed E-state index contributed by atoms with van der Waals surface area (Å²) in [4.78, 5) is 27.1. The van der Waals surface area contributed by atoms with Crippen molar-refractivity contribution >= 4 is 39.3 Å². The van der Waals surface area contributed by atoms with Crippen molar-refractivity contribution in [1.82, 2.24) is 10.2 Å². The number of ether oxygens (including phenoxy) is 1. The third-order valence-corrected chi connectivity index (χ3v) is 5.04. The maximum Gasteiger partial charge on any atom is 0.261 e. The number of nitrogens with zero attached hydrogens (tertiary/aromatic N) is 1. The number of carbonyl (C=O) groups excluding carboxylic acids is 2. The topological polar surface area (TPSA) is 58.6 Å². The van der Waals surface area contributed by atoms with Crippen LogP contribution in [0.15, 0.2) is 53.0 Å². The van der Waals surface area contributed by atoms with Crippen LogP contribution >= 0.6 is 27.5 Å². The van der Waals surface area contributed by atoms with Gasteiger partial charge < -0.3 is 15.0 Å². The molecule has 0 bridgehead atoms. The smallest absolute Gasteiger partial charge is 0.261 e. The van der Waals surface area contributed by atoms with E-state index in [0.717, 1.165) is 10.0 Å². The quantitative estimate of drug-likeness (QED) is 0.566. The molecule has 5 nitrogen and oxygen atoms in total. The minimum atomic E-state index is -0.632. The van der Waals surface area contributed by atoms with Crippen LogP contribution in [0.1, 0.15) is 26.3 Å². The lowest BCUT2D eigenvalue weighted by molar-refractivity contribution is -0.142. The Balaban J connectivity index is 2.12. The molecule has 0 spiro atoms. The van der Waals surface area contributed by atoms with Crippen molar-refractivity contribution in [2.24, 2.45) is 5.92 Å². The van der Waals surface area contributed by atoms with Gasteiger partial charge in [0.25, 0.3) is 5.91 Å². The van der Waals surface area contributed by atoms with Gasteiger partial charge >= 0.3 is 0 Å². The molecule has 156 valence electrons. The van der Waals surface area contributed by atoms with E-state index in [9.17, 15) is 9.59 Å². The third kappa shape index (κ3) is 7.71. The average molecular weight is 482 g/mol. The molecule has 2 aromatic carbocycles. The summed E-state index contributed by atoms with van der Waals surface area (Å²) in [5.74, 6) is 0.367. The normalized spacial score (nSPS) is 11.8. The molecule has 2 rings (SSSR count). The lowest BCUT2D eigenvalue weighted by Gasteiger charge is -2.29. The number of amides is 2. The summed E-state index contributed by atoms with van der Waals surface area (Å²) in [5, 5.41) is 3.43. The van der Waals surface area contributed by atoms with Crippen LogP contribution in [-0.4, -0.2) is 35.9 Å². The number of hydrogen-bond acceptors (Lipinski definition) is 3. The summed E-state index contributed by atoms with van der Waals surface area (Å²) < 4.78 is 6.55. The van der Waals surface area contributed by atoms with Crippen molar-refractivity contribution in [3.63, 3.8) is 0 Å². The van der Waals surface area contributed by atoms with Gasteiger partial charge in [-0.1, -0.05) is 59.6 Å². The molecular formula is C22H26BrClN2O3. The van der Waals surface area contributed by atoms with Crippen LogP contribution in [0.5, 0.6) is 5.75 Å². The molecule has 0 saturated carbocycles. The van der Waals surface area contributed by atoms with Gasteiger partial charge in [0.05, 0.1) is 0 Å². The van der Waals surface area contributed by atoms with Crippen molar-refractivity contribution in [2.75, 3.05) is 13.2 Å². The number of hydrogen-bond donors (Lipinski definition) is 1. The van der Waals surface area contributed by atoms with Crippen molar-refractivity contribution in [3.05, 3.63) is 63.6 Å². The highest BCUT2D eigenvalue weighted by molar-refractivity contribution is 9.10. The van der Waals surface area contributed by atoms with Crippen molar-refractivity contribution < 1.29 is 14.3 Å². The molecule has 0 aromatic heterocycles. The van der Waals surface area contributed by atoms with Crippen LogP contribution in [-0.2, 0) is 16.1 Å². The molecule has 0 saturated heterocycles. The molecule has 7 heteroatoms. The summed E-state index contributed by atoms with van der Waals surface area (Å²) in [6, 6.07) is 13.9. The van der Waals surface area contributed by atoms with Gasteiger partial charge in [-0.3, -0.25) is 9.59 Å². The molecule has 1 unspecified atom stereocenters. The Labute approximate surface area is 185 Å². The zero-order valence-electron chi connectivity index (χ0n) is 16.8. The molecule has 1 N–H and O–H groups in total. The molecule has 0 heterocycles. The summed E-state index contributed by atoms with van der Waals surface area (Å²) in [6.45, 7) is 6.46. The minimum absolute atomic E-state index is 0.182. The SMILES string of the molecule is CC(C)CNC(=O)C(C)N(Cc1ccc(Br)cc1)C(=O)COc1cccc(Cl)c1. The molecular weight excluding hydrogens is 456 g/mol. The first kappa shape index (κ1) is 23.2. The minimum Gasteiger partial charge on any atom is -0.484 e. The Hall–Kier alpha value is -2.05. The lowest BCUT2D eigenvalue weighted by atomic mass is 10.1. The van der Waals surface area contributed by atoms with Crippen LogP contribution in [0.25, 0.3) is 0 Å². The Kier molecular flexibility index (Phi) is 8.99. The van der Waals surface area contributed by atoms with E-state index in [1.807, 2.05) is 38.1 Å². The fourth-order valence-corrected chi connectivity index (χ4v) is 3.05. The van der Waals surface area contributed by atoms with Gasteiger partial charge in [0, 0.05) is 22.6 Å². The molecule has 0 aliphatic rings. The monoisotopic (exact) mass is 480 g/mol. The highest BCUT2D eigenvalue weighted by atomic mass is 79.9. The summed E-state index contributed by atoms with van der Waals surface area (Å²) in [7, 11) is 0. The predicted molar refractivity (Wildman–Crippen MR) is 119 cm³/mol. The summed E-state index contributed by atoms with van der Waals surface area (Å²) >= 11 is 9.37. The van der Waals surface area contributed by atoms with Crippen molar-refractivity contribution in [1.29, 1.82) is 0 Å². The largest absolute Gasteiger partial charge is 0.484 e. The van der Waals surface area contributed by atoms with Gasteiger partial charge in [0.15, 0.2) is 6.61 Å². The second-order valence-electron chi connectivity index (χ2n) is 7.21. The third-order valence-electron chi connectivity index (χ3n) is 4.28. The van der Waals surface area contributed by atoms with E-state index < -0.39 is 6.04 Å². The average Bonchev–Trinajstić information content (AvgIpc) is 2.69. The Morgan fingerprint density at radius 2 is 1.83 bits per heavy atom. The summed E-state index contributed by atoms with van der Waals surface area (Å²) in [6.07, 6.45) is 0. The molecule has 0 radical (unpaired) electrons. The fraction of sp³-hybridized carbons (Fsp3) is 0.364. The zero-order valence-corrected chi connectivity index (χ0v) is 19.2. The molecule has 0 fully saturated rings. The first-order valence-electron chi connectivity index (χ1n) is 9.46. The molecule has 2 amide bonds. The highest BCUT2D eigenvalue weighted by Crippen LogP contribution is 2.18. The van der Waals surface area contributed by atoms with Crippen molar-refractivity contribution in [3.8, 4) is 5.75 Å². The van der Waals surface area contributed by atoms with E-state index in [2.05, 4.69) is 21.2 Å². The Morgan fingerprint density at radius 1 is 1.14 bits per heavy atom. The van der Waals surface area contributed by atoms with Crippen LogP contribution in [0.3, 0.4) is 0 Å². The molecule has 1 atom stereocenters. The van der Waals surface area contributed by atoms with Gasteiger partial charge in [-0.05, 0) is 48.7 Å². The molecule has 0 aliphatic carbocycles. The second kappa shape index (κ2) is 11.2. The van der Waals surface area contributed by atoms with Gasteiger partial charge in [-0.25, -0.2) is 0 Å². The van der Waals surface area contributed by atoms with Gasteiger partial charge in [0.1, 0.15) is 11.8 Å². The van der Waals surface area contributed by atoms with Gasteiger partial charge in [-0.15, -0.1) is 0 Å². The maximum atomic E-state index is 12.9. The second-order valence-corrected chi connectivity index (χ2v) is 8.56. The van der Waals surface area contributed by atoms with Gasteiger partial charge in [-0.2, -0.15) is 0 Å². The number of halogens is 2. The number of rotatable bonds is 9.